The number of aromatic nitrogens is 2. The Morgan fingerprint density at radius 2 is 1.70 bits per heavy atom. The van der Waals surface area contributed by atoms with Gasteiger partial charge in [-0.25, -0.2) is 4.68 Å². The molecule has 4 saturated carbocycles. The summed E-state index contributed by atoms with van der Waals surface area (Å²) >= 11 is 0. The van der Waals surface area contributed by atoms with Crippen LogP contribution in [-0.4, -0.2) is 15.6 Å². The molecule has 4 fully saturated rings. The van der Waals surface area contributed by atoms with Gasteiger partial charge in [0.15, 0.2) is 5.78 Å². The Morgan fingerprint density at radius 3 is 2.15 bits per heavy atom. The minimum atomic E-state index is 0.0371. The number of carbonyl (C=O) groups is 1. The van der Waals surface area contributed by atoms with Crippen LogP contribution in [0.1, 0.15) is 61.1 Å². The van der Waals surface area contributed by atoms with Crippen LogP contribution in [-0.2, 0) is 0 Å². The average molecular weight is 273 g/mol. The van der Waals surface area contributed by atoms with Gasteiger partial charge in [-0.1, -0.05) is 0 Å². The minimum absolute atomic E-state index is 0.0371. The first kappa shape index (κ1) is 12.4. The quantitative estimate of drug-likeness (QED) is 0.843. The first-order valence-electron chi connectivity index (χ1n) is 7.90. The molecule has 1 aromatic heterocycles. The second kappa shape index (κ2) is 4.09. The van der Waals surface area contributed by atoms with E-state index in [1.54, 1.807) is 6.92 Å². The number of nitrogens with zero attached hydrogens (tertiary/aromatic N) is 2. The third kappa shape index (κ3) is 1.60. The van der Waals surface area contributed by atoms with Crippen LogP contribution < -0.4 is 5.73 Å². The fourth-order valence-corrected chi connectivity index (χ4v) is 5.52. The first-order valence-corrected chi connectivity index (χ1v) is 7.90. The lowest BCUT2D eigenvalue weighted by atomic mass is 9.54. The normalized spacial score (nSPS) is 38.4. The van der Waals surface area contributed by atoms with Crippen molar-refractivity contribution in [3.63, 3.8) is 0 Å². The number of carbonyl (C=O) groups excluding carboxylic acids is 1. The van der Waals surface area contributed by atoms with E-state index in [0.717, 1.165) is 29.4 Å². The van der Waals surface area contributed by atoms with E-state index in [1.807, 2.05) is 11.6 Å². The zero-order valence-electron chi connectivity index (χ0n) is 12.3. The van der Waals surface area contributed by atoms with E-state index in [0.29, 0.717) is 17.4 Å². The lowest BCUT2D eigenvalue weighted by Crippen LogP contribution is -2.46. The maximum absolute atomic E-state index is 11.8. The highest BCUT2D eigenvalue weighted by atomic mass is 16.1. The van der Waals surface area contributed by atoms with E-state index >= 15 is 0 Å². The fourth-order valence-electron chi connectivity index (χ4n) is 5.52. The SMILES string of the molecule is CC(=O)c1c(C)nn(C2C3CC4CC(C3)CC2C4)c1N. The van der Waals surface area contributed by atoms with Gasteiger partial charge in [0.2, 0.25) is 0 Å². The Balaban J connectivity index is 1.75. The van der Waals surface area contributed by atoms with Gasteiger partial charge >= 0.3 is 0 Å². The zero-order chi connectivity index (χ0) is 14.0. The molecule has 0 radical (unpaired) electrons. The molecule has 0 unspecified atom stereocenters. The number of hydrogen-bond donors (Lipinski definition) is 1. The molecule has 0 saturated heterocycles. The molecular weight excluding hydrogens is 250 g/mol. The van der Waals surface area contributed by atoms with Crippen LogP contribution in [0.4, 0.5) is 5.82 Å². The summed E-state index contributed by atoms with van der Waals surface area (Å²) in [6.45, 7) is 3.49. The predicted molar refractivity (Wildman–Crippen MR) is 77.5 cm³/mol. The largest absolute Gasteiger partial charge is 0.383 e. The third-order valence-corrected chi connectivity index (χ3v) is 5.93. The Kier molecular flexibility index (Phi) is 2.54. The number of hydrogen-bond acceptors (Lipinski definition) is 3. The molecule has 2 N–H and O–H groups in total. The Morgan fingerprint density at radius 1 is 1.15 bits per heavy atom. The van der Waals surface area contributed by atoms with Gasteiger partial charge in [0.1, 0.15) is 5.82 Å². The lowest BCUT2D eigenvalue weighted by molar-refractivity contribution is -0.0328. The second-order valence-corrected chi connectivity index (χ2v) is 7.27. The summed E-state index contributed by atoms with van der Waals surface area (Å²) in [6, 6.07) is 0.439. The summed E-state index contributed by atoms with van der Waals surface area (Å²) in [5, 5.41) is 4.65. The highest BCUT2D eigenvalue weighted by molar-refractivity contribution is 5.99. The number of ketones is 1. The fraction of sp³-hybridized carbons (Fsp3) is 0.750. The van der Waals surface area contributed by atoms with Crippen molar-refractivity contribution in [2.45, 2.75) is 52.0 Å². The molecule has 0 aliphatic heterocycles. The van der Waals surface area contributed by atoms with E-state index in [1.165, 1.54) is 32.1 Å². The lowest BCUT2D eigenvalue weighted by Gasteiger charge is -2.54. The molecule has 0 amide bonds. The van der Waals surface area contributed by atoms with Crippen molar-refractivity contribution >= 4 is 11.6 Å². The van der Waals surface area contributed by atoms with Crippen molar-refractivity contribution in [3.8, 4) is 0 Å². The molecule has 4 aliphatic rings. The van der Waals surface area contributed by atoms with E-state index in [-0.39, 0.29) is 5.78 Å². The molecule has 4 heteroatoms. The number of nitrogen functional groups attached to an aromatic ring is 1. The smallest absolute Gasteiger partial charge is 0.165 e. The highest BCUT2D eigenvalue weighted by Gasteiger charge is 2.49. The van der Waals surface area contributed by atoms with Crippen molar-refractivity contribution in [2.75, 3.05) is 5.73 Å². The maximum Gasteiger partial charge on any atom is 0.165 e. The highest BCUT2D eigenvalue weighted by Crippen LogP contribution is 2.58. The molecule has 4 bridgehead atoms. The molecule has 0 aromatic carbocycles. The van der Waals surface area contributed by atoms with Gasteiger partial charge < -0.3 is 5.73 Å². The van der Waals surface area contributed by atoms with Crippen LogP contribution >= 0.6 is 0 Å². The molecule has 5 rings (SSSR count). The molecule has 108 valence electrons. The molecule has 0 spiro atoms. The zero-order valence-corrected chi connectivity index (χ0v) is 12.3. The minimum Gasteiger partial charge on any atom is -0.383 e. The Hall–Kier alpha value is -1.32. The molecule has 20 heavy (non-hydrogen) atoms. The summed E-state index contributed by atoms with van der Waals surface area (Å²) in [6.07, 6.45) is 6.81. The van der Waals surface area contributed by atoms with Gasteiger partial charge in [0.25, 0.3) is 0 Å². The van der Waals surface area contributed by atoms with Crippen LogP contribution in [0, 0.1) is 30.6 Å². The van der Waals surface area contributed by atoms with Crippen molar-refractivity contribution in [2.24, 2.45) is 23.7 Å². The monoisotopic (exact) mass is 273 g/mol. The Labute approximate surface area is 119 Å². The van der Waals surface area contributed by atoms with Gasteiger partial charge in [-0.05, 0) is 69.6 Å². The first-order chi connectivity index (χ1) is 9.54. The summed E-state index contributed by atoms with van der Waals surface area (Å²) in [5.74, 6) is 3.99. The average Bonchev–Trinajstić information content (AvgIpc) is 2.63. The second-order valence-electron chi connectivity index (χ2n) is 7.27. The van der Waals surface area contributed by atoms with Gasteiger partial charge in [-0.2, -0.15) is 5.10 Å². The van der Waals surface area contributed by atoms with Crippen molar-refractivity contribution < 1.29 is 4.79 Å². The van der Waals surface area contributed by atoms with Crippen LogP contribution in [0.15, 0.2) is 0 Å². The maximum atomic E-state index is 11.8. The topological polar surface area (TPSA) is 60.9 Å². The Bertz CT molecular complexity index is 547. The number of rotatable bonds is 2. The van der Waals surface area contributed by atoms with Crippen molar-refractivity contribution in [3.05, 3.63) is 11.3 Å². The van der Waals surface area contributed by atoms with Crippen LogP contribution in [0.3, 0.4) is 0 Å². The van der Waals surface area contributed by atoms with Gasteiger partial charge in [-0.3, -0.25) is 4.79 Å². The van der Waals surface area contributed by atoms with Crippen molar-refractivity contribution in [1.29, 1.82) is 0 Å². The number of Topliss-reactive ketones (excluding diaryl/α,β-unsaturated/α-hetero) is 1. The molecule has 1 heterocycles. The van der Waals surface area contributed by atoms with Crippen LogP contribution in [0.25, 0.3) is 0 Å². The number of nitrogens with two attached hydrogens (primary N) is 1. The predicted octanol–water partition coefficient (Wildman–Crippen LogP) is 2.97. The van der Waals surface area contributed by atoms with E-state index in [4.69, 9.17) is 5.73 Å². The van der Waals surface area contributed by atoms with Gasteiger partial charge in [0, 0.05) is 0 Å². The standard InChI is InChI=1S/C16H23N3O/c1-8-14(9(2)20)16(17)19(18-8)15-12-4-10-3-11(6-12)7-13(15)5-10/h10-13,15H,3-7,17H2,1-2H3. The summed E-state index contributed by atoms with van der Waals surface area (Å²) in [5.41, 5.74) is 7.70. The van der Waals surface area contributed by atoms with Gasteiger partial charge in [0.05, 0.1) is 17.3 Å². The van der Waals surface area contributed by atoms with E-state index in [2.05, 4.69) is 5.10 Å². The molecule has 4 nitrogen and oxygen atoms in total. The molecule has 0 atom stereocenters. The van der Waals surface area contributed by atoms with E-state index in [9.17, 15) is 4.79 Å². The summed E-state index contributed by atoms with van der Waals surface area (Å²) in [4.78, 5) is 11.8. The van der Waals surface area contributed by atoms with Crippen LogP contribution in [0.2, 0.25) is 0 Å². The van der Waals surface area contributed by atoms with Gasteiger partial charge in [-0.15, -0.1) is 0 Å². The number of aryl methyl sites for hydroxylation is 1. The third-order valence-electron chi connectivity index (χ3n) is 5.93. The molecular formula is C16H23N3O. The van der Waals surface area contributed by atoms with Crippen LogP contribution in [0.5, 0.6) is 0 Å². The summed E-state index contributed by atoms with van der Waals surface area (Å²) < 4.78 is 2.01. The van der Waals surface area contributed by atoms with E-state index < -0.39 is 0 Å². The van der Waals surface area contributed by atoms with Crippen molar-refractivity contribution in [1.82, 2.24) is 9.78 Å². The molecule has 1 aromatic rings. The summed E-state index contributed by atoms with van der Waals surface area (Å²) in [7, 11) is 0. The number of anilines is 1. The molecule has 4 aliphatic carbocycles.